The van der Waals surface area contributed by atoms with Crippen molar-refractivity contribution in [1.29, 1.82) is 0 Å². The molecule has 0 atom stereocenters. The van der Waals surface area contributed by atoms with E-state index in [4.69, 9.17) is 4.98 Å². The molecule has 0 fully saturated rings. The molecule has 0 bridgehead atoms. The minimum atomic E-state index is 0.729. The molecule has 1 N–H and O–H groups in total. The monoisotopic (exact) mass is 394 g/mol. The summed E-state index contributed by atoms with van der Waals surface area (Å²) in [5.41, 5.74) is 7.25. The Morgan fingerprint density at radius 2 is 1.55 bits per heavy atom. The van der Waals surface area contributed by atoms with E-state index in [-0.39, 0.29) is 0 Å². The summed E-state index contributed by atoms with van der Waals surface area (Å²) in [5.74, 6) is 0.729. The Hall–Kier alpha value is -3.57. The summed E-state index contributed by atoms with van der Waals surface area (Å²) in [6.07, 6.45) is 1.76. The molecule has 5 rings (SSSR count). The summed E-state index contributed by atoms with van der Waals surface area (Å²) in [6, 6.07) is 24.4. The normalized spacial score (nSPS) is 10.9. The lowest BCUT2D eigenvalue weighted by molar-refractivity contribution is 1.28. The molecule has 2 heterocycles. The second-order valence-corrected chi connectivity index (χ2v) is 7.66. The summed E-state index contributed by atoms with van der Waals surface area (Å²) < 4.78 is 0. The van der Waals surface area contributed by atoms with Gasteiger partial charge in [0.2, 0.25) is 0 Å². The standard InChI is InChI=1S/C24H18N4S/c1-16-6-2-3-7-19(16)24-28-22(15-29-24)17-10-12-18(13-11-17)26-23-14-25-20-8-4-5-9-21(20)27-23/h2-15H,1H3,(H,26,27). The van der Waals surface area contributed by atoms with Gasteiger partial charge in [-0.15, -0.1) is 11.3 Å². The van der Waals surface area contributed by atoms with Gasteiger partial charge in [-0.1, -0.05) is 48.5 Å². The number of anilines is 2. The fourth-order valence-corrected chi connectivity index (χ4v) is 4.15. The average molecular weight is 395 g/mol. The number of hydrogen-bond donors (Lipinski definition) is 1. The summed E-state index contributed by atoms with van der Waals surface area (Å²) in [4.78, 5) is 13.9. The number of aryl methyl sites for hydroxylation is 1. The van der Waals surface area contributed by atoms with Gasteiger partial charge in [-0.25, -0.2) is 9.97 Å². The third-order valence-electron chi connectivity index (χ3n) is 4.78. The fraction of sp³-hybridized carbons (Fsp3) is 0.0417. The van der Waals surface area contributed by atoms with Gasteiger partial charge in [0.15, 0.2) is 0 Å². The maximum Gasteiger partial charge on any atom is 0.149 e. The maximum absolute atomic E-state index is 4.84. The van der Waals surface area contributed by atoms with E-state index in [0.29, 0.717) is 0 Å². The number of rotatable bonds is 4. The molecule has 140 valence electrons. The van der Waals surface area contributed by atoms with E-state index in [2.05, 4.69) is 64.0 Å². The van der Waals surface area contributed by atoms with Gasteiger partial charge in [0.05, 0.1) is 22.9 Å². The predicted molar refractivity (Wildman–Crippen MR) is 121 cm³/mol. The third-order valence-corrected chi connectivity index (χ3v) is 5.66. The van der Waals surface area contributed by atoms with E-state index in [9.17, 15) is 0 Å². The Bertz CT molecular complexity index is 1290. The van der Waals surface area contributed by atoms with Crippen molar-refractivity contribution in [2.75, 3.05) is 5.32 Å². The molecule has 0 unspecified atom stereocenters. The number of fused-ring (bicyclic) bond motifs is 1. The average Bonchev–Trinajstić information content (AvgIpc) is 3.24. The first-order chi connectivity index (χ1) is 14.3. The molecule has 0 radical (unpaired) electrons. The molecular weight excluding hydrogens is 376 g/mol. The van der Waals surface area contributed by atoms with Crippen LogP contribution < -0.4 is 5.32 Å². The number of hydrogen-bond acceptors (Lipinski definition) is 5. The minimum Gasteiger partial charge on any atom is -0.339 e. The van der Waals surface area contributed by atoms with Crippen LogP contribution in [0, 0.1) is 6.92 Å². The number of nitrogens with zero attached hydrogens (tertiary/aromatic N) is 3. The number of benzene rings is 3. The van der Waals surface area contributed by atoms with Crippen molar-refractivity contribution in [2.24, 2.45) is 0 Å². The maximum atomic E-state index is 4.84. The highest BCUT2D eigenvalue weighted by Gasteiger charge is 2.09. The molecule has 0 spiro atoms. The van der Waals surface area contributed by atoms with Gasteiger partial charge in [-0.3, -0.25) is 4.98 Å². The van der Waals surface area contributed by atoms with Crippen molar-refractivity contribution >= 4 is 33.9 Å². The molecular formula is C24H18N4S. The number of thiazole rings is 1. The van der Waals surface area contributed by atoms with Gasteiger partial charge >= 0.3 is 0 Å². The fourth-order valence-electron chi connectivity index (χ4n) is 3.23. The van der Waals surface area contributed by atoms with E-state index in [1.165, 1.54) is 11.1 Å². The Morgan fingerprint density at radius 3 is 2.38 bits per heavy atom. The van der Waals surface area contributed by atoms with E-state index < -0.39 is 0 Å². The van der Waals surface area contributed by atoms with E-state index in [1.54, 1.807) is 17.5 Å². The van der Waals surface area contributed by atoms with E-state index >= 15 is 0 Å². The zero-order chi connectivity index (χ0) is 19.6. The van der Waals surface area contributed by atoms with Crippen LogP contribution in [-0.4, -0.2) is 15.0 Å². The van der Waals surface area contributed by atoms with Crippen molar-refractivity contribution in [2.45, 2.75) is 6.92 Å². The predicted octanol–water partition coefficient (Wildman–Crippen LogP) is 6.47. The Morgan fingerprint density at radius 1 is 0.793 bits per heavy atom. The second kappa shape index (κ2) is 7.45. The third kappa shape index (κ3) is 3.60. The van der Waals surface area contributed by atoms with Crippen LogP contribution in [0.5, 0.6) is 0 Å². The topological polar surface area (TPSA) is 50.7 Å². The zero-order valence-electron chi connectivity index (χ0n) is 15.8. The molecule has 3 aromatic carbocycles. The molecule has 5 aromatic rings. The van der Waals surface area contributed by atoms with Gasteiger partial charge in [0.1, 0.15) is 10.8 Å². The van der Waals surface area contributed by atoms with Crippen LogP contribution in [0.15, 0.2) is 84.4 Å². The highest BCUT2D eigenvalue weighted by atomic mass is 32.1. The van der Waals surface area contributed by atoms with Crippen LogP contribution in [0.1, 0.15) is 5.56 Å². The number of nitrogens with one attached hydrogen (secondary N) is 1. The van der Waals surface area contributed by atoms with Crippen LogP contribution in [0.2, 0.25) is 0 Å². The van der Waals surface area contributed by atoms with Gasteiger partial charge in [0, 0.05) is 22.2 Å². The van der Waals surface area contributed by atoms with Crippen LogP contribution >= 0.6 is 11.3 Å². The van der Waals surface area contributed by atoms with Crippen LogP contribution in [0.3, 0.4) is 0 Å². The molecule has 0 aliphatic carbocycles. The van der Waals surface area contributed by atoms with Gasteiger partial charge in [-0.05, 0) is 36.8 Å². The highest BCUT2D eigenvalue weighted by molar-refractivity contribution is 7.13. The van der Waals surface area contributed by atoms with Crippen molar-refractivity contribution in [3.05, 3.63) is 89.9 Å². The molecule has 0 saturated carbocycles. The quantitative estimate of drug-likeness (QED) is 0.379. The van der Waals surface area contributed by atoms with Crippen LogP contribution in [0.25, 0.3) is 32.9 Å². The smallest absolute Gasteiger partial charge is 0.149 e. The summed E-state index contributed by atoms with van der Waals surface area (Å²) in [7, 11) is 0. The van der Waals surface area contributed by atoms with Gasteiger partial charge in [0.25, 0.3) is 0 Å². The first-order valence-corrected chi connectivity index (χ1v) is 10.2. The van der Waals surface area contributed by atoms with Gasteiger partial charge in [-0.2, -0.15) is 0 Å². The van der Waals surface area contributed by atoms with Crippen LogP contribution in [-0.2, 0) is 0 Å². The lowest BCUT2D eigenvalue weighted by Crippen LogP contribution is -1.95. The lowest BCUT2D eigenvalue weighted by Gasteiger charge is -2.07. The van der Waals surface area contributed by atoms with Crippen LogP contribution in [0.4, 0.5) is 11.5 Å². The molecule has 2 aromatic heterocycles. The Labute approximate surface area is 172 Å². The summed E-state index contributed by atoms with van der Waals surface area (Å²) in [5, 5.41) is 6.48. The van der Waals surface area contributed by atoms with Gasteiger partial charge < -0.3 is 5.32 Å². The molecule has 0 aliphatic rings. The first-order valence-electron chi connectivity index (χ1n) is 9.37. The van der Waals surface area contributed by atoms with Crippen molar-refractivity contribution in [1.82, 2.24) is 15.0 Å². The van der Waals surface area contributed by atoms with E-state index in [0.717, 1.165) is 38.8 Å². The molecule has 0 saturated heterocycles. The molecule has 0 aliphatic heterocycles. The Kier molecular flexibility index (Phi) is 4.50. The molecule has 5 heteroatoms. The second-order valence-electron chi connectivity index (χ2n) is 6.80. The Balaban J connectivity index is 1.37. The number of aromatic nitrogens is 3. The highest BCUT2D eigenvalue weighted by Crippen LogP contribution is 2.31. The largest absolute Gasteiger partial charge is 0.339 e. The molecule has 0 amide bonds. The van der Waals surface area contributed by atoms with Crippen molar-refractivity contribution in [3.63, 3.8) is 0 Å². The molecule has 4 nitrogen and oxygen atoms in total. The zero-order valence-corrected chi connectivity index (χ0v) is 16.6. The van der Waals surface area contributed by atoms with Crippen molar-refractivity contribution in [3.8, 4) is 21.8 Å². The summed E-state index contributed by atoms with van der Waals surface area (Å²) >= 11 is 1.67. The molecule has 29 heavy (non-hydrogen) atoms. The lowest BCUT2D eigenvalue weighted by atomic mass is 10.1. The minimum absolute atomic E-state index is 0.729. The van der Waals surface area contributed by atoms with Crippen molar-refractivity contribution < 1.29 is 0 Å². The summed E-state index contributed by atoms with van der Waals surface area (Å²) in [6.45, 7) is 2.12. The number of para-hydroxylation sites is 2. The first kappa shape index (κ1) is 17.5. The van der Waals surface area contributed by atoms with E-state index in [1.807, 2.05) is 36.4 Å². The SMILES string of the molecule is Cc1ccccc1-c1nc(-c2ccc(Nc3cnc4ccccc4n3)cc2)cs1.